The van der Waals surface area contributed by atoms with Crippen molar-refractivity contribution in [2.45, 2.75) is 6.92 Å². The first-order chi connectivity index (χ1) is 13.7. The lowest BCUT2D eigenvalue weighted by atomic mass is 10.1. The molecule has 1 aromatic carbocycles. The molecule has 0 saturated carbocycles. The predicted molar refractivity (Wildman–Crippen MR) is 116 cm³/mol. The van der Waals surface area contributed by atoms with Crippen molar-refractivity contribution in [2.24, 2.45) is 0 Å². The molecule has 0 unspecified atom stereocenters. The number of ether oxygens (including phenoxy) is 1. The van der Waals surface area contributed by atoms with Gasteiger partial charge in [-0.05, 0) is 42.8 Å². The van der Waals surface area contributed by atoms with Crippen molar-refractivity contribution in [3.05, 3.63) is 47.8 Å². The van der Waals surface area contributed by atoms with Crippen LogP contribution in [0.15, 0.2) is 36.5 Å². The molecule has 2 aromatic rings. The van der Waals surface area contributed by atoms with E-state index in [9.17, 15) is 4.79 Å². The van der Waals surface area contributed by atoms with Gasteiger partial charge in [-0.3, -0.25) is 9.78 Å². The Bertz CT molecular complexity index is 833. The number of benzene rings is 1. The number of nitrogens with zero attached hydrogens (tertiary/aromatic N) is 3. The molecule has 6 nitrogen and oxygen atoms in total. The lowest BCUT2D eigenvalue weighted by Gasteiger charge is -2.29. The standard InChI is InChI=1S/C21H26N4O2S/c1-16-14-17(25-8-12-28-13-9-25)2-3-19(16)23-21(26)20-15-18(4-5-22-20)24-6-10-27-11-7-24/h2-5,14-15H,6-13H2,1H3,(H,23,26). The summed E-state index contributed by atoms with van der Waals surface area (Å²) in [4.78, 5) is 21.7. The topological polar surface area (TPSA) is 57.7 Å². The third-order valence-corrected chi connectivity index (χ3v) is 6.13. The van der Waals surface area contributed by atoms with Gasteiger partial charge >= 0.3 is 0 Å². The second kappa shape index (κ2) is 8.84. The Morgan fingerprint density at radius 3 is 2.50 bits per heavy atom. The summed E-state index contributed by atoms with van der Waals surface area (Å²) in [6, 6.07) is 10.0. The van der Waals surface area contributed by atoms with Crippen LogP contribution in [-0.2, 0) is 4.74 Å². The van der Waals surface area contributed by atoms with E-state index >= 15 is 0 Å². The van der Waals surface area contributed by atoms with E-state index in [0.717, 1.165) is 43.1 Å². The van der Waals surface area contributed by atoms with Gasteiger partial charge in [0.15, 0.2) is 0 Å². The summed E-state index contributed by atoms with van der Waals surface area (Å²) < 4.78 is 5.40. The Balaban J connectivity index is 1.46. The summed E-state index contributed by atoms with van der Waals surface area (Å²) in [5, 5.41) is 3.02. The highest BCUT2D eigenvalue weighted by molar-refractivity contribution is 7.99. The van der Waals surface area contributed by atoms with Crippen LogP contribution < -0.4 is 15.1 Å². The van der Waals surface area contributed by atoms with Crippen LogP contribution in [-0.4, -0.2) is 61.8 Å². The maximum Gasteiger partial charge on any atom is 0.274 e. The van der Waals surface area contributed by atoms with Crippen molar-refractivity contribution in [3.63, 3.8) is 0 Å². The Hall–Kier alpha value is -2.25. The maximum absolute atomic E-state index is 12.8. The zero-order chi connectivity index (χ0) is 19.3. The number of rotatable bonds is 4. The Morgan fingerprint density at radius 1 is 1.04 bits per heavy atom. The molecule has 28 heavy (non-hydrogen) atoms. The minimum Gasteiger partial charge on any atom is -0.378 e. The number of hydrogen-bond acceptors (Lipinski definition) is 6. The summed E-state index contributed by atoms with van der Waals surface area (Å²) in [6.45, 7) is 7.29. The number of hydrogen-bond donors (Lipinski definition) is 1. The maximum atomic E-state index is 12.8. The van der Waals surface area contributed by atoms with Crippen molar-refractivity contribution in [2.75, 3.05) is 66.0 Å². The number of thioether (sulfide) groups is 1. The fourth-order valence-corrected chi connectivity index (χ4v) is 4.46. The fraction of sp³-hybridized carbons (Fsp3) is 0.429. The number of aryl methyl sites for hydroxylation is 1. The van der Waals surface area contributed by atoms with Gasteiger partial charge in [0.05, 0.1) is 13.2 Å². The van der Waals surface area contributed by atoms with Gasteiger partial charge in [0.2, 0.25) is 0 Å². The van der Waals surface area contributed by atoms with Crippen LogP contribution in [0.4, 0.5) is 17.1 Å². The second-order valence-electron chi connectivity index (χ2n) is 7.05. The minimum absolute atomic E-state index is 0.180. The number of pyridine rings is 1. The van der Waals surface area contributed by atoms with Crippen molar-refractivity contribution in [3.8, 4) is 0 Å². The molecule has 2 aliphatic heterocycles. The lowest BCUT2D eigenvalue weighted by molar-refractivity contribution is 0.102. The molecule has 0 spiro atoms. The molecule has 2 saturated heterocycles. The highest BCUT2D eigenvalue weighted by atomic mass is 32.2. The van der Waals surface area contributed by atoms with Gasteiger partial charge in [-0.25, -0.2) is 0 Å². The number of aromatic nitrogens is 1. The van der Waals surface area contributed by atoms with Crippen LogP contribution in [0.5, 0.6) is 0 Å². The number of carbonyl (C=O) groups excluding carboxylic acids is 1. The van der Waals surface area contributed by atoms with E-state index in [2.05, 4.69) is 32.2 Å². The third-order valence-electron chi connectivity index (χ3n) is 5.19. The van der Waals surface area contributed by atoms with Gasteiger partial charge in [0.25, 0.3) is 5.91 Å². The zero-order valence-electron chi connectivity index (χ0n) is 16.2. The Kier molecular flexibility index (Phi) is 6.02. The molecule has 148 valence electrons. The predicted octanol–water partition coefficient (Wildman–Crippen LogP) is 3.03. The van der Waals surface area contributed by atoms with Gasteiger partial charge < -0.3 is 19.9 Å². The summed E-state index contributed by atoms with van der Waals surface area (Å²) in [5.41, 5.74) is 4.56. The van der Waals surface area contributed by atoms with E-state index in [-0.39, 0.29) is 5.91 Å². The smallest absolute Gasteiger partial charge is 0.274 e. The molecule has 4 rings (SSSR count). The molecule has 1 aromatic heterocycles. The first-order valence-electron chi connectivity index (χ1n) is 9.74. The van der Waals surface area contributed by atoms with Crippen molar-refractivity contribution in [1.29, 1.82) is 0 Å². The van der Waals surface area contributed by atoms with E-state index in [4.69, 9.17) is 4.74 Å². The first-order valence-corrected chi connectivity index (χ1v) is 10.9. The van der Waals surface area contributed by atoms with Crippen molar-refractivity contribution >= 4 is 34.7 Å². The summed E-state index contributed by atoms with van der Waals surface area (Å²) in [5.74, 6) is 2.16. The van der Waals surface area contributed by atoms with Crippen LogP contribution in [0.2, 0.25) is 0 Å². The molecule has 1 amide bonds. The third kappa shape index (κ3) is 4.42. The van der Waals surface area contributed by atoms with Gasteiger partial charge in [0.1, 0.15) is 5.69 Å². The Morgan fingerprint density at radius 2 is 1.75 bits per heavy atom. The molecule has 0 radical (unpaired) electrons. The average molecular weight is 399 g/mol. The zero-order valence-corrected chi connectivity index (χ0v) is 17.0. The monoisotopic (exact) mass is 398 g/mol. The number of nitrogens with one attached hydrogen (secondary N) is 1. The summed E-state index contributed by atoms with van der Waals surface area (Å²) >= 11 is 2.00. The van der Waals surface area contributed by atoms with Crippen LogP contribution >= 0.6 is 11.8 Å². The van der Waals surface area contributed by atoms with Gasteiger partial charge in [-0.2, -0.15) is 11.8 Å². The fourth-order valence-electron chi connectivity index (χ4n) is 3.55. The second-order valence-corrected chi connectivity index (χ2v) is 8.28. The van der Waals surface area contributed by atoms with E-state index in [1.54, 1.807) is 6.20 Å². The van der Waals surface area contributed by atoms with E-state index in [1.165, 1.54) is 17.2 Å². The van der Waals surface area contributed by atoms with Crippen molar-refractivity contribution < 1.29 is 9.53 Å². The molecule has 0 aliphatic carbocycles. The summed E-state index contributed by atoms with van der Waals surface area (Å²) in [7, 11) is 0. The Labute approximate surface area is 170 Å². The highest BCUT2D eigenvalue weighted by Gasteiger charge is 2.16. The average Bonchev–Trinajstić information content (AvgIpc) is 2.76. The largest absolute Gasteiger partial charge is 0.378 e. The first kappa shape index (κ1) is 19.1. The van der Waals surface area contributed by atoms with Gasteiger partial charge in [-0.1, -0.05) is 0 Å². The number of carbonyl (C=O) groups is 1. The van der Waals surface area contributed by atoms with Crippen molar-refractivity contribution in [1.82, 2.24) is 4.98 Å². The summed E-state index contributed by atoms with van der Waals surface area (Å²) in [6.07, 6.45) is 1.70. The van der Waals surface area contributed by atoms with E-state index < -0.39 is 0 Å². The molecule has 2 fully saturated rings. The molecule has 0 bridgehead atoms. The molecule has 3 heterocycles. The minimum atomic E-state index is -0.180. The van der Waals surface area contributed by atoms with E-state index in [0.29, 0.717) is 18.9 Å². The van der Waals surface area contributed by atoms with Crippen LogP contribution in [0.25, 0.3) is 0 Å². The lowest BCUT2D eigenvalue weighted by Crippen LogP contribution is -2.36. The molecular formula is C21H26N4O2S. The molecule has 1 N–H and O–H groups in total. The quantitative estimate of drug-likeness (QED) is 0.854. The molecule has 7 heteroatoms. The highest BCUT2D eigenvalue weighted by Crippen LogP contribution is 2.25. The molecule has 0 atom stereocenters. The number of morpholine rings is 1. The van der Waals surface area contributed by atoms with Gasteiger partial charge in [0, 0.05) is 60.9 Å². The van der Waals surface area contributed by atoms with Crippen LogP contribution in [0.1, 0.15) is 16.1 Å². The van der Waals surface area contributed by atoms with Gasteiger partial charge in [-0.15, -0.1) is 0 Å². The molecular weight excluding hydrogens is 372 g/mol. The normalized spacial score (nSPS) is 17.5. The number of anilines is 3. The molecule has 2 aliphatic rings. The van der Waals surface area contributed by atoms with Crippen LogP contribution in [0, 0.1) is 6.92 Å². The van der Waals surface area contributed by atoms with Crippen LogP contribution in [0.3, 0.4) is 0 Å². The number of amides is 1. The van der Waals surface area contributed by atoms with E-state index in [1.807, 2.05) is 36.9 Å². The SMILES string of the molecule is Cc1cc(N2CCSCC2)ccc1NC(=O)c1cc(N2CCOCC2)ccn1.